The van der Waals surface area contributed by atoms with E-state index in [1.807, 2.05) is 43.3 Å². The fraction of sp³-hybridized carbons (Fsp3) is 0.391. The molecule has 0 saturated carbocycles. The number of nitrogens with one attached hydrogen (secondary N) is 1. The van der Waals surface area contributed by atoms with Crippen LogP contribution in [0.4, 0.5) is 24.9 Å². The molecule has 0 amide bonds. The summed E-state index contributed by atoms with van der Waals surface area (Å²) in [7, 11) is 0.0207. The number of anilines is 2. The molecule has 4 rings (SSSR count). The minimum atomic E-state index is -4.83. The van der Waals surface area contributed by atoms with Gasteiger partial charge in [0.25, 0.3) is 0 Å². The van der Waals surface area contributed by atoms with Gasteiger partial charge >= 0.3 is 6.36 Å². The molecule has 0 atom stereocenters. The van der Waals surface area contributed by atoms with E-state index in [-0.39, 0.29) is 17.4 Å². The molecule has 1 aromatic heterocycles. The van der Waals surface area contributed by atoms with E-state index in [2.05, 4.69) is 14.4 Å². The van der Waals surface area contributed by atoms with E-state index < -0.39 is 22.1 Å². The number of sulfonamides is 1. The van der Waals surface area contributed by atoms with Gasteiger partial charge in [-0.05, 0) is 55.2 Å². The minimum absolute atomic E-state index is 0.114. The standard InChI is InChI=1S/C23H26F3N5O3S/c1-30(2)21-19-5-3-4-6-20(19)28-22(29-21)31-13-11-16(12-14-31)15-27-35(32,33)18-9-7-17(8-10-18)34-23(24,25)26/h3-10,16,27H,11-15H2,1-2H3. The number of nitrogens with zero attached hydrogens (tertiary/aromatic N) is 4. The first-order valence-electron chi connectivity index (χ1n) is 11.1. The molecule has 2 heterocycles. The van der Waals surface area contributed by atoms with Crippen LogP contribution < -0.4 is 19.3 Å². The van der Waals surface area contributed by atoms with Crippen molar-refractivity contribution < 1.29 is 26.3 Å². The van der Waals surface area contributed by atoms with Crippen LogP contribution in [0.15, 0.2) is 53.4 Å². The second-order valence-corrected chi connectivity index (χ2v) is 10.3. The van der Waals surface area contributed by atoms with Crippen molar-refractivity contribution in [2.75, 3.05) is 43.5 Å². The second kappa shape index (κ2) is 9.86. The quantitative estimate of drug-likeness (QED) is 0.519. The lowest BCUT2D eigenvalue weighted by molar-refractivity contribution is -0.274. The highest BCUT2D eigenvalue weighted by Crippen LogP contribution is 2.28. The van der Waals surface area contributed by atoms with Crippen molar-refractivity contribution in [2.24, 2.45) is 5.92 Å². The molecule has 1 aliphatic rings. The summed E-state index contributed by atoms with van der Waals surface area (Å²) in [5, 5.41) is 0.976. The monoisotopic (exact) mass is 509 g/mol. The van der Waals surface area contributed by atoms with Crippen LogP contribution in [0.1, 0.15) is 12.8 Å². The Labute approximate surface area is 201 Å². The van der Waals surface area contributed by atoms with E-state index in [1.165, 1.54) is 0 Å². The Bertz CT molecular complexity index is 1280. The van der Waals surface area contributed by atoms with Crippen molar-refractivity contribution in [3.63, 3.8) is 0 Å². The van der Waals surface area contributed by atoms with Crippen LogP contribution in [-0.4, -0.2) is 58.5 Å². The maximum atomic E-state index is 12.6. The van der Waals surface area contributed by atoms with Gasteiger partial charge in [0.05, 0.1) is 10.4 Å². The molecule has 0 radical (unpaired) electrons. The summed E-state index contributed by atoms with van der Waals surface area (Å²) < 4.78 is 68.4. The zero-order valence-electron chi connectivity index (χ0n) is 19.3. The third kappa shape index (κ3) is 6.12. The van der Waals surface area contributed by atoms with E-state index in [0.717, 1.165) is 53.8 Å². The number of fused-ring (bicyclic) bond motifs is 1. The van der Waals surface area contributed by atoms with Gasteiger partial charge < -0.3 is 14.5 Å². The average Bonchev–Trinajstić information content (AvgIpc) is 2.81. The third-order valence-electron chi connectivity index (χ3n) is 5.82. The smallest absolute Gasteiger partial charge is 0.406 e. The Morgan fingerprint density at radius 1 is 1.06 bits per heavy atom. The number of piperidine rings is 1. The molecule has 8 nitrogen and oxygen atoms in total. The number of para-hydroxylation sites is 1. The number of rotatable bonds is 7. The molecular weight excluding hydrogens is 483 g/mol. The Morgan fingerprint density at radius 3 is 2.34 bits per heavy atom. The van der Waals surface area contributed by atoms with E-state index in [4.69, 9.17) is 9.97 Å². The maximum Gasteiger partial charge on any atom is 0.573 e. The number of aromatic nitrogens is 2. The van der Waals surface area contributed by atoms with Crippen molar-refractivity contribution in [1.29, 1.82) is 0 Å². The summed E-state index contributed by atoms with van der Waals surface area (Å²) in [6.45, 7) is 1.60. The van der Waals surface area contributed by atoms with Crippen LogP contribution in [0, 0.1) is 5.92 Å². The van der Waals surface area contributed by atoms with Crippen molar-refractivity contribution >= 4 is 32.7 Å². The van der Waals surface area contributed by atoms with Crippen molar-refractivity contribution in [3.05, 3.63) is 48.5 Å². The average molecular weight is 510 g/mol. The first kappa shape index (κ1) is 25.0. The van der Waals surface area contributed by atoms with Crippen molar-refractivity contribution in [2.45, 2.75) is 24.1 Å². The summed E-state index contributed by atoms with van der Waals surface area (Å²) in [6.07, 6.45) is -3.35. The molecule has 188 valence electrons. The zero-order chi connectivity index (χ0) is 25.2. The summed E-state index contributed by atoms with van der Waals surface area (Å²) in [6, 6.07) is 12.0. The highest BCUT2D eigenvalue weighted by atomic mass is 32.2. The number of benzene rings is 2. The molecule has 12 heteroatoms. The predicted octanol–water partition coefficient (Wildman–Crippen LogP) is 3.79. The largest absolute Gasteiger partial charge is 0.573 e. The molecule has 3 aromatic rings. The number of hydrogen-bond acceptors (Lipinski definition) is 7. The molecule has 0 spiro atoms. The summed E-state index contributed by atoms with van der Waals surface area (Å²) in [5.41, 5.74) is 0.864. The summed E-state index contributed by atoms with van der Waals surface area (Å²) in [4.78, 5) is 13.4. The fourth-order valence-electron chi connectivity index (χ4n) is 4.00. The Hall–Kier alpha value is -3.12. The third-order valence-corrected chi connectivity index (χ3v) is 7.26. The summed E-state index contributed by atoms with van der Waals surface area (Å²) in [5.74, 6) is 1.12. The van der Waals surface area contributed by atoms with Gasteiger partial charge in [-0.3, -0.25) is 0 Å². The maximum absolute atomic E-state index is 12.6. The molecule has 2 aromatic carbocycles. The fourth-order valence-corrected chi connectivity index (χ4v) is 5.11. The lowest BCUT2D eigenvalue weighted by Crippen LogP contribution is -2.39. The Morgan fingerprint density at radius 2 is 1.71 bits per heavy atom. The minimum Gasteiger partial charge on any atom is -0.406 e. The molecule has 1 N–H and O–H groups in total. The molecule has 1 saturated heterocycles. The van der Waals surface area contributed by atoms with E-state index in [1.54, 1.807) is 0 Å². The van der Waals surface area contributed by atoms with Gasteiger partial charge in [0.15, 0.2) is 0 Å². The normalized spacial score (nSPS) is 15.4. The number of hydrogen-bond donors (Lipinski definition) is 1. The van der Waals surface area contributed by atoms with Gasteiger partial charge in [-0.15, -0.1) is 13.2 Å². The van der Waals surface area contributed by atoms with Gasteiger partial charge in [0.2, 0.25) is 16.0 Å². The van der Waals surface area contributed by atoms with Gasteiger partial charge in [-0.1, -0.05) is 12.1 Å². The molecule has 1 fully saturated rings. The topological polar surface area (TPSA) is 87.7 Å². The van der Waals surface area contributed by atoms with Crippen molar-refractivity contribution in [3.8, 4) is 5.75 Å². The van der Waals surface area contributed by atoms with Crippen LogP contribution in [0.2, 0.25) is 0 Å². The number of alkyl halides is 3. The Kier molecular flexibility index (Phi) is 7.04. The van der Waals surface area contributed by atoms with Gasteiger partial charge in [0.1, 0.15) is 11.6 Å². The van der Waals surface area contributed by atoms with Gasteiger partial charge in [-0.2, -0.15) is 4.98 Å². The molecule has 0 unspecified atom stereocenters. The zero-order valence-corrected chi connectivity index (χ0v) is 20.1. The first-order chi connectivity index (χ1) is 16.5. The SMILES string of the molecule is CN(C)c1nc(N2CCC(CNS(=O)(=O)c3ccc(OC(F)(F)F)cc3)CC2)nc2ccccc12. The molecule has 35 heavy (non-hydrogen) atoms. The van der Waals surface area contributed by atoms with E-state index >= 15 is 0 Å². The van der Waals surface area contributed by atoms with E-state index in [9.17, 15) is 21.6 Å². The Balaban J connectivity index is 1.36. The summed E-state index contributed by atoms with van der Waals surface area (Å²) >= 11 is 0. The highest BCUT2D eigenvalue weighted by Gasteiger charge is 2.31. The lowest BCUT2D eigenvalue weighted by Gasteiger charge is -2.32. The van der Waals surface area contributed by atoms with Gasteiger partial charge in [0, 0.05) is 39.1 Å². The van der Waals surface area contributed by atoms with Crippen molar-refractivity contribution in [1.82, 2.24) is 14.7 Å². The van der Waals surface area contributed by atoms with Crippen LogP contribution in [0.5, 0.6) is 5.75 Å². The number of halogens is 3. The van der Waals surface area contributed by atoms with E-state index in [0.29, 0.717) is 19.0 Å². The van der Waals surface area contributed by atoms with Crippen LogP contribution >= 0.6 is 0 Å². The molecule has 0 bridgehead atoms. The van der Waals surface area contributed by atoms with Gasteiger partial charge in [-0.25, -0.2) is 18.1 Å². The molecule has 1 aliphatic heterocycles. The van der Waals surface area contributed by atoms with Crippen LogP contribution in [-0.2, 0) is 10.0 Å². The second-order valence-electron chi connectivity index (χ2n) is 8.56. The highest BCUT2D eigenvalue weighted by molar-refractivity contribution is 7.89. The predicted molar refractivity (Wildman–Crippen MR) is 127 cm³/mol. The lowest BCUT2D eigenvalue weighted by atomic mass is 9.97. The molecular formula is C23H26F3N5O3S. The molecule has 0 aliphatic carbocycles. The number of ether oxygens (including phenoxy) is 1. The first-order valence-corrected chi connectivity index (χ1v) is 12.5. The van der Waals surface area contributed by atoms with Crippen LogP contribution in [0.3, 0.4) is 0 Å². The van der Waals surface area contributed by atoms with Crippen LogP contribution in [0.25, 0.3) is 10.9 Å².